The maximum Gasteiger partial charge on any atom is 0.273 e. The topological polar surface area (TPSA) is 33.2 Å². The molecule has 0 fully saturated rings. The van der Waals surface area contributed by atoms with Crippen molar-refractivity contribution in [1.82, 2.24) is 9.88 Å². The lowest BCUT2D eigenvalue weighted by molar-refractivity contribution is 0.0685. The summed E-state index contributed by atoms with van der Waals surface area (Å²) in [5.41, 5.74) is 0.144. The van der Waals surface area contributed by atoms with Crippen molar-refractivity contribution in [3.63, 3.8) is 0 Å². The van der Waals surface area contributed by atoms with E-state index in [0.29, 0.717) is 6.54 Å². The molecule has 5 heteroatoms. The fourth-order valence-corrected chi connectivity index (χ4v) is 2.44. The van der Waals surface area contributed by atoms with E-state index in [1.165, 1.54) is 18.2 Å². The lowest BCUT2D eigenvalue weighted by Gasteiger charge is -2.25. The quantitative estimate of drug-likeness (QED) is 0.804. The van der Waals surface area contributed by atoms with Crippen LogP contribution in [0.5, 0.6) is 0 Å². The van der Waals surface area contributed by atoms with E-state index >= 15 is 0 Å². The van der Waals surface area contributed by atoms with Gasteiger partial charge in [0, 0.05) is 10.9 Å². The molecule has 0 radical (unpaired) electrons. The first-order chi connectivity index (χ1) is 9.08. The highest BCUT2D eigenvalue weighted by molar-refractivity contribution is 7.09. The lowest BCUT2D eigenvalue weighted by atomic mass is 10.2. The Morgan fingerprint density at radius 2 is 2.16 bits per heavy atom. The summed E-state index contributed by atoms with van der Waals surface area (Å²) >= 11 is 1.60. The number of nitrogens with zero attached hydrogens (tertiary/aromatic N) is 2. The Bertz CT molecular complexity index is 554. The summed E-state index contributed by atoms with van der Waals surface area (Å²) in [5, 5.41) is 1.97. The van der Waals surface area contributed by atoms with Crippen molar-refractivity contribution in [2.24, 2.45) is 0 Å². The summed E-state index contributed by atoms with van der Waals surface area (Å²) < 4.78 is 13.1. The van der Waals surface area contributed by atoms with Gasteiger partial charge in [0.1, 0.15) is 5.69 Å². The summed E-state index contributed by atoms with van der Waals surface area (Å²) in [7, 11) is 0. The molecule has 0 saturated heterocycles. The first kappa shape index (κ1) is 13.7. The number of aromatic nitrogens is 1. The van der Waals surface area contributed by atoms with Crippen LogP contribution in [0.3, 0.4) is 0 Å². The summed E-state index contributed by atoms with van der Waals surface area (Å²) in [6.45, 7) is 4.39. The maximum atomic E-state index is 13.1. The molecule has 100 valence electrons. The van der Waals surface area contributed by atoms with E-state index in [1.54, 1.807) is 16.2 Å². The number of amides is 1. The largest absolute Gasteiger partial charge is 0.330 e. The molecular weight excluding hydrogens is 263 g/mol. The van der Waals surface area contributed by atoms with E-state index in [4.69, 9.17) is 0 Å². The third-order valence-electron chi connectivity index (χ3n) is 2.72. The number of carbonyl (C=O) groups is 1. The van der Waals surface area contributed by atoms with Crippen molar-refractivity contribution in [2.75, 3.05) is 0 Å². The molecule has 2 aromatic heterocycles. The molecule has 2 aromatic rings. The van der Waals surface area contributed by atoms with Gasteiger partial charge in [0.15, 0.2) is 0 Å². The second-order valence-electron chi connectivity index (χ2n) is 4.45. The summed E-state index contributed by atoms with van der Waals surface area (Å²) in [6, 6.07) is 8.22. The minimum absolute atomic E-state index is 0.0275. The van der Waals surface area contributed by atoms with Crippen molar-refractivity contribution < 1.29 is 9.18 Å². The lowest BCUT2D eigenvalue weighted by Crippen LogP contribution is -2.36. The normalized spacial score (nSPS) is 10.7. The van der Waals surface area contributed by atoms with Crippen LogP contribution < -0.4 is 0 Å². The van der Waals surface area contributed by atoms with Gasteiger partial charge in [0.05, 0.1) is 6.54 Å². The van der Waals surface area contributed by atoms with Gasteiger partial charge >= 0.3 is 0 Å². The predicted molar refractivity (Wildman–Crippen MR) is 73.5 cm³/mol. The van der Waals surface area contributed by atoms with Crippen molar-refractivity contribution in [2.45, 2.75) is 26.4 Å². The maximum absolute atomic E-state index is 13.1. The molecule has 0 N–H and O–H groups in total. The van der Waals surface area contributed by atoms with E-state index in [0.717, 1.165) is 4.88 Å². The molecule has 2 rings (SSSR count). The fourth-order valence-electron chi connectivity index (χ4n) is 1.73. The van der Waals surface area contributed by atoms with Gasteiger partial charge in [-0.15, -0.1) is 11.3 Å². The highest BCUT2D eigenvalue weighted by Gasteiger charge is 2.20. The molecule has 0 spiro atoms. The van der Waals surface area contributed by atoms with Crippen molar-refractivity contribution in [3.8, 4) is 0 Å². The van der Waals surface area contributed by atoms with Crippen LogP contribution in [0.1, 0.15) is 29.2 Å². The zero-order valence-electron chi connectivity index (χ0n) is 10.8. The van der Waals surface area contributed by atoms with Gasteiger partial charge in [-0.3, -0.25) is 4.79 Å². The van der Waals surface area contributed by atoms with E-state index in [1.807, 2.05) is 31.4 Å². The van der Waals surface area contributed by atoms with Crippen LogP contribution in [0.15, 0.2) is 35.7 Å². The minimum atomic E-state index is -0.634. The second-order valence-corrected chi connectivity index (χ2v) is 5.48. The Labute approximate surface area is 115 Å². The average molecular weight is 278 g/mol. The molecule has 0 aliphatic heterocycles. The molecule has 0 unspecified atom stereocenters. The molecule has 0 aromatic carbocycles. The molecular formula is C14H15FN2OS. The number of pyridine rings is 1. The van der Waals surface area contributed by atoms with Crippen molar-refractivity contribution in [1.29, 1.82) is 0 Å². The zero-order valence-corrected chi connectivity index (χ0v) is 11.7. The Balaban J connectivity index is 2.21. The molecule has 0 aliphatic carbocycles. The predicted octanol–water partition coefficient (Wildman–Crippen LogP) is 3.33. The molecule has 19 heavy (non-hydrogen) atoms. The number of hydrogen-bond donors (Lipinski definition) is 0. The first-order valence-corrected chi connectivity index (χ1v) is 6.92. The number of hydrogen-bond acceptors (Lipinski definition) is 3. The van der Waals surface area contributed by atoms with Crippen molar-refractivity contribution in [3.05, 3.63) is 52.2 Å². The number of carbonyl (C=O) groups excluding carboxylic acids is 1. The van der Waals surface area contributed by atoms with Crippen LogP contribution in [0, 0.1) is 5.95 Å². The summed E-state index contributed by atoms with van der Waals surface area (Å²) in [4.78, 5) is 18.8. The zero-order chi connectivity index (χ0) is 13.8. The van der Waals surface area contributed by atoms with E-state index in [-0.39, 0.29) is 17.6 Å². The Kier molecular flexibility index (Phi) is 4.27. The van der Waals surface area contributed by atoms with Gasteiger partial charge in [0.2, 0.25) is 5.95 Å². The first-order valence-electron chi connectivity index (χ1n) is 6.04. The SMILES string of the molecule is CC(C)N(Cc1cccs1)C(=O)c1cccc(F)n1. The standard InChI is InChI=1S/C14H15FN2OS/c1-10(2)17(9-11-5-4-8-19-11)14(18)12-6-3-7-13(15)16-12/h3-8,10H,9H2,1-2H3. The smallest absolute Gasteiger partial charge is 0.273 e. The Hall–Kier alpha value is -1.75. The summed E-state index contributed by atoms with van der Waals surface area (Å²) in [6.07, 6.45) is 0. The molecule has 0 aliphatic rings. The molecule has 2 heterocycles. The average Bonchev–Trinajstić information content (AvgIpc) is 2.87. The highest BCUT2D eigenvalue weighted by Crippen LogP contribution is 2.16. The van der Waals surface area contributed by atoms with Gasteiger partial charge in [-0.2, -0.15) is 4.39 Å². The van der Waals surface area contributed by atoms with Crippen LogP contribution in [-0.2, 0) is 6.54 Å². The monoisotopic (exact) mass is 278 g/mol. The highest BCUT2D eigenvalue weighted by atomic mass is 32.1. The van der Waals surface area contributed by atoms with Gasteiger partial charge in [0.25, 0.3) is 5.91 Å². The van der Waals surface area contributed by atoms with E-state index in [2.05, 4.69) is 4.98 Å². The van der Waals surface area contributed by atoms with Gasteiger partial charge in [-0.1, -0.05) is 12.1 Å². The number of rotatable bonds is 4. The molecule has 0 saturated carbocycles. The fraction of sp³-hybridized carbons (Fsp3) is 0.286. The number of thiophene rings is 1. The summed E-state index contributed by atoms with van der Waals surface area (Å²) in [5.74, 6) is -0.881. The second kappa shape index (κ2) is 5.93. The third kappa shape index (κ3) is 3.38. The number of halogens is 1. The van der Waals surface area contributed by atoms with Gasteiger partial charge in [-0.05, 0) is 37.4 Å². The van der Waals surface area contributed by atoms with Crippen LogP contribution in [0.4, 0.5) is 4.39 Å². The van der Waals surface area contributed by atoms with Crippen LogP contribution in [0.25, 0.3) is 0 Å². The van der Waals surface area contributed by atoms with Crippen LogP contribution in [0.2, 0.25) is 0 Å². The van der Waals surface area contributed by atoms with E-state index < -0.39 is 5.95 Å². The van der Waals surface area contributed by atoms with Gasteiger partial charge in [-0.25, -0.2) is 4.98 Å². The minimum Gasteiger partial charge on any atom is -0.330 e. The molecule has 1 amide bonds. The van der Waals surface area contributed by atoms with E-state index in [9.17, 15) is 9.18 Å². The van der Waals surface area contributed by atoms with Crippen LogP contribution >= 0.6 is 11.3 Å². The third-order valence-corrected chi connectivity index (χ3v) is 3.59. The van der Waals surface area contributed by atoms with Gasteiger partial charge < -0.3 is 4.90 Å². The Morgan fingerprint density at radius 3 is 2.74 bits per heavy atom. The Morgan fingerprint density at radius 1 is 1.37 bits per heavy atom. The molecule has 0 bridgehead atoms. The van der Waals surface area contributed by atoms with Crippen molar-refractivity contribution >= 4 is 17.2 Å². The molecule has 0 atom stereocenters. The molecule has 3 nitrogen and oxygen atoms in total. The van der Waals surface area contributed by atoms with Crippen LogP contribution in [-0.4, -0.2) is 21.8 Å².